The number of anilines is 1. The molecular weight excluding hydrogens is 392 g/mol. The molecule has 1 amide bonds. The summed E-state index contributed by atoms with van der Waals surface area (Å²) in [6.45, 7) is 0.780. The zero-order chi connectivity index (χ0) is 20.1. The number of halogens is 1. The van der Waals surface area contributed by atoms with Gasteiger partial charge in [0.1, 0.15) is 12.4 Å². The molecule has 29 heavy (non-hydrogen) atoms. The average molecular weight is 409 g/mol. The van der Waals surface area contributed by atoms with Crippen LogP contribution in [-0.4, -0.2) is 11.1 Å². The standard InChI is InChI=1S/C22H17ClN2O4/c23-17-6-2-5-16(11-17)21-12-20(25-29-21)22(26)24-18-7-1-4-15(10-18)13-27-14-19-8-3-9-28-19/h1-12H,13-14H2,(H,24,26). The topological polar surface area (TPSA) is 77.5 Å². The van der Waals surface area contributed by atoms with Crippen LogP contribution in [0.1, 0.15) is 21.8 Å². The average Bonchev–Trinajstić information content (AvgIpc) is 3.41. The van der Waals surface area contributed by atoms with Crippen molar-refractivity contribution in [2.24, 2.45) is 0 Å². The van der Waals surface area contributed by atoms with Gasteiger partial charge >= 0.3 is 0 Å². The van der Waals surface area contributed by atoms with Crippen molar-refractivity contribution in [1.82, 2.24) is 5.16 Å². The normalized spacial score (nSPS) is 10.8. The molecule has 2 aromatic heterocycles. The Bertz CT molecular complexity index is 1110. The number of furan rings is 1. The van der Waals surface area contributed by atoms with Crippen molar-refractivity contribution >= 4 is 23.2 Å². The maximum absolute atomic E-state index is 12.5. The summed E-state index contributed by atoms with van der Waals surface area (Å²) in [5, 5.41) is 7.25. The fraction of sp³-hybridized carbons (Fsp3) is 0.0909. The number of nitrogens with zero attached hydrogens (tertiary/aromatic N) is 1. The number of ether oxygens (including phenoxy) is 1. The van der Waals surface area contributed by atoms with Crippen LogP contribution >= 0.6 is 11.6 Å². The van der Waals surface area contributed by atoms with Crippen molar-refractivity contribution in [3.05, 3.63) is 95.0 Å². The lowest BCUT2D eigenvalue weighted by Gasteiger charge is -2.06. The fourth-order valence-electron chi connectivity index (χ4n) is 2.76. The van der Waals surface area contributed by atoms with Gasteiger partial charge in [-0.3, -0.25) is 4.79 Å². The molecule has 0 unspecified atom stereocenters. The predicted molar refractivity (Wildman–Crippen MR) is 109 cm³/mol. The lowest BCUT2D eigenvalue weighted by Crippen LogP contribution is -2.12. The third kappa shape index (κ3) is 4.93. The van der Waals surface area contributed by atoms with E-state index in [0.717, 1.165) is 16.9 Å². The number of rotatable bonds is 7. The number of carbonyl (C=O) groups excluding carboxylic acids is 1. The van der Waals surface area contributed by atoms with Crippen LogP contribution in [0, 0.1) is 0 Å². The Labute approximate surface area is 172 Å². The first-order chi connectivity index (χ1) is 14.2. The monoisotopic (exact) mass is 408 g/mol. The van der Waals surface area contributed by atoms with Gasteiger partial charge in [0.2, 0.25) is 0 Å². The molecule has 2 heterocycles. The van der Waals surface area contributed by atoms with E-state index in [2.05, 4.69) is 10.5 Å². The first kappa shape index (κ1) is 19.0. The van der Waals surface area contributed by atoms with Gasteiger partial charge in [0.15, 0.2) is 11.5 Å². The minimum absolute atomic E-state index is 0.180. The molecule has 0 aliphatic heterocycles. The third-order valence-corrected chi connectivity index (χ3v) is 4.37. The Morgan fingerprint density at radius 2 is 1.93 bits per heavy atom. The van der Waals surface area contributed by atoms with E-state index in [9.17, 15) is 4.79 Å². The van der Waals surface area contributed by atoms with E-state index in [1.54, 1.807) is 36.6 Å². The molecule has 0 fully saturated rings. The highest BCUT2D eigenvalue weighted by atomic mass is 35.5. The van der Waals surface area contributed by atoms with Crippen molar-refractivity contribution in [1.29, 1.82) is 0 Å². The summed E-state index contributed by atoms with van der Waals surface area (Å²) in [6, 6.07) is 19.8. The largest absolute Gasteiger partial charge is 0.467 e. The molecule has 0 saturated carbocycles. The van der Waals surface area contributed by atoms with Crippen LogP contribution in [0.4, 0.5) is 5.69 Å². The molecule has 146 valence electrons. The van der Waals surface area contributed by atoms with Gasteiger partial charge in [0, 0.05) is 22.3 Å². The van der Waals surface area contributed by atoms with E-state index in [1.165, 1.54) is 0 Å². The summed E-state index contributed by atoms with van der Waals surface area (Å²) in [5.74, 6) is 0.865. The van der Waals surface area contributed by atoms with Gasteiger partial charge in [-0.15, -0.1) is 0 Å². The van der Waals surface area contributed by atoms with Crippen molar-refractivity contribution in [2.45, 2.75) is 13.2 Å². The molecule has 1 N–H and O–H groups in total. The SMILES string of the molecule is O=C(Nc1cccc(COCc2ccco2)c1)c1cc(-c2cccc(Cl)c2)on1. The van der Waals surface area contributed by atoms with E-state index in [4.69, 9.17) is 25.3 Å². The molecule has 0 aliphatic carbocycles. The maximum atomic E-state index is 12.5. The second kappa shape index (κ2) is 8.77. The molecule has 4 rings (SSSR count). The molecule has 0 saturated heterocycles. The number of benzene rings is 2. The van der Waals surface area contributed by atoms with Crippen LogP contribution in [0.3, 0.4) is 0 Å². The highest BCUT2D eigenvalue weighted by molar-refractivity contribution is 6.30. The zero-order valence-electron chi connectivity index (χ0n) is 15.3. The number of carbonyl (C=O) groups is 1. The van der Waals surface area contributed by atoms with E-state index < -0.39 is 0 Å². The third-order valence-electron chi connectivity index (χ3n) is 4.13. The smallest absolute Gasteiger partial charge is 0.277 e. The Kier molecular flexibility index (Phi) is 5.74. The predicted octanol–water partition coefficient (Wildman–Crippen LogP) is 5.56. The molecule has 0 spiro atoms. The van der Waals surface area contributed by atoms with Gasteiger partial charge in [-0.25, -0.2) is 0 Å². The number of hydrogen-bond donors (Lipinski definition) is 1. The summed E-state index contributed by atoms with van der Waals surface area (Å²) in [5.41, 5.74) is 2.50. The molecule has 0 atom stereocenters. The van der Waals surface area contributed by atoms with Crippen LogP contribution in [0.25, 0.3) is 11.3 Å². The van der Waals surface area contributed by atoms with Crippen molar-refractivity contribution < 1.29 is 18.5 Å². The maximum Gasteiger partial charge on any atom is 0.277 e. The lowest BCUT2D eigenvalue weighted by molar-refractivity contribution is 0.0929. The minimum atomic E-state index is -0.365. The number of amides is 1. The summed E-state index contributed by atoms with van der Waals surface area (Å²) < 4.78 is 16.1. The van der Waals surface area contributed by atoms with Gasteiger partial charge in [-0.05, 0) is 42.0 Å². The summed E-state index contributed by atoms with van der Waals surface area (Å²) in [6.07, 6.45) is 1.61. The van der Waals surface area contributed by atoms with E-state index >= 15 is 0 Å². The van der Waals surface area contributed by atoms with Crippen molar-refractivity contribution in [3.63, 3.8) is 0 Å². The second-order valence-corrected chi connectivity index (χ2v) is 6.75. The first-order valence-electron chi connectivity index (χ1n) is 8.90. The molecule has 0 bridgehead atoms. The quantitative estimate of drug-likeness (QED) is 0.433. The summed E-state index contributed by atoms with van der Waals surface area (Å²) in [4.78, 5) is 12.5. The minimum Gasteiger partial charge on any atom is -0.467 e. The first-order valence-corrected chi connectivity index (χ1v) is 9.28. The van der Waals surface area contributed by atoms with E-state index in [1.807, 2.05) is 36.4 Å². The van der Waals surface area contributed by atoms with Crippen molar-refractivity contribution in [3.8, 4) is 11.3 Å². The lowest BCUT2D eigenvalue weighted by atomic mass is 10.1. The fourth-order valence-corrected chi connectivity index (χ4v) is 2.95. The molecular formula is C22H17ClN2O4. The molecule has 0 radical (unpaired) electrons. The molecule has 2 aromatic carbocycles. The highest BCUT2D eigenvalue weighted by Crippen LogP contribution is 2.24. The Morgan fingerprint density at radius 1 is 1.03 bits per heavy atom. The summed E-state index contributed by atoms with van der Waals surface area (Å²) in [7, 11) is 0. The number of nitrogens with one attached hydrogen (secondary N) is 1. The van der Waals surface area contributed by atoms with Crippen LogP contribution in [-0.2, 0) is 18.0 Å². The van der Waals surface area contributed by atoms with Crippen LogP contribution in [0.15, 0.2) is 81.9 Å². The Hall–Kier alpha value is -3.35. The van der Waals surface area contributed by atoms with Gasteiger partial charge in [0.05, 0.1) is 12.9 Å². The van der Waals surface area contributed by atoms with Crippen LogP contribution in [0.5, 0.6) is 0 Å². The molecule has 4 aromatic rings. The van der Waals surface area contributed by atoms with Gasteiger partial charge in [-0.1, -0.05) is 41.0 Å². The molecule has 6 nitrogen and oxygen atoms in total. The Balaban J connectivity index is 1.38. The Morgan fingerprint density at radius 3 is 2.76 bits per heavy atom. The van der Waals surface area contributed by atoms with Gasteiger partial charge in [0.25, 0.3) is 5.91 Å². The number of aromatic nitrogens is 1. The van der Waals surface area contributed by atoms with Gasteiger partial charge < -0.3 is 19.0 Å². The zero-order valence-corrected chi connectivity index (χ0v) is 16.1. The van der Waals surface area contributed by atoms with Crippen LogP contribution < -0.4 is 5.32 Å². The second-order valence-electron chi connectivity index (χ2n) is 6.31. The highest BCUT2D eigenvalue weighted by Gasteiger charge is 2.14. The summed E-state index contributed by atoms with van der Waals surface area (Å²) >= 11 is 5.99. The van der Waals surface area contributed by atoms with E-state index in [0.29, 0.717) is 29.7 Å². The van der Waals surface area contributed by atoms with Crippen molar-refractivity contribution in [2.75, 3.05) is 5.32 Å². The van der Waals surface area contributed by atoms with Gasteiger partial charge in [-0.2, -0.15) is 0 Å². The molecule has 0 aliphatic rings. The van der Waals surface area contributed by atoms with Crippen LogP contribution in [0.2, 0.25) is 5.02 Å². The molecule has 7 heteroatoms. The number of hydrogen-bond acceptors (Lipinski definition) is 5. The van der Waals surface area contributed by atoms with E-state index in [-0.39, 0.29) is 11.6 Å².